The van der Waals surface area contributed by atoms with Gasteiger partial charge in [0.05, 0.1) is 23.5 Å². The summed E-state index contributed by atoms with van der Waals surface area (Å²) in [4.78, 5) is 55.6. The van der Waals surface area contributed by atoms with Crippen LogP contribution in [0, 0.1) is 40.5 Å². The third-order valence-corrected chi connectivity index (χ3v) is 6.87. The van der Waals surface area contributed by atoms with Gasteiger partial charge in [0.15, 0.2) is 18.7 Å². The van der Waals surface area contributed by atoms with Gasteiger partial charge in [0.1, 0.15) is 62.4 Å². The molecule has 0 fully saturated rings. The number of nitrogens with zero attached hydrogens (tertiary/aromatic N) is 14. The topological polar surface area (TPSA) is 312 Å². The minimum Gasteiger partial charge on any atom is -1.00 e. The van der Waals surface area contributed by atoms with Crippen molar-refractivity contribution in [2.75, 3.05) is 47.6 Å². The van der Waals surface area contributed by atoms with E-state index in [1.807, 2.05) is 84.0 Å². The normalized spacial score (nSPS) is 9.44. The number of carboxylic acids is 1. The zero-order valence-electron chi connectivity index (χ0n) is 41.4. The van der Waals surface area contributed by atoms with Gasteiger partial charge in [-0.2, -0.15) is 0 Å². The Labute approximate surface area is 459 Å². The monoisotopic (exact) mass is 1140 g/mol. The number of aryl methyl sites for hydroxylation is 4. The first-order valence-corrected chi connectivity index (χ1v) is 20.1. The first-order valence-electron chi connectivity index (χ1n) is 18.9. The number of aliphatic hydroxyl groups excluding tert-OH is 1. The van der Waals surface area contributed by atoms with Gasteiger partial charge in [-0.3, -0.25) is 15.0 Å². The fourth-order valence-electron chi connectivity index (χ4n) is 3.48. The molecule has 0 spiro atoms. The van der Waals surface area contributed by atoms with Crippen molar-refractivity contribution in [3.05, 3.63) is 125 Å². The smallest absolute Gasteiger partial charge is 1.00 e. The minimum absolute atomic E-state index is 0. The van der Waals surface area contributed by atoms with E-state index in [0.717, 1.165) is 34.6 Å². The van der Waals surface area contributed by atoms with Gasteiger partial charge in [-0.25, -0.2) is 49.0 Å². The van der Waals surface area contributed by atoms with Crippen molar-refractivity contribution in [2.45, 2.75) is 95.9 Å². The number of aliphatic carboxylic acids is 1. The minimum atomic E-state index is -0.829. The van der Waals surface area contributed by atoms with Crippen LogP contribution < -0.4 is 28.4 Å². The Bertz CT molecular complexity index is 1960. The number of aliphatic hydroxyl groups is 1. The van der Waals surface area contributed by atoms with Crippen molar-refractivity contribution in [3.8, 4) is 0 Å². The van der Waals surface area contributed by atoms with E-state index in [1.165, 1.54) is 24.9 Å². The Balaban J connectivity index is -0.0000000754. The number of amidine groups is 1. The second-order valence-corrected chi connectivity index (χ2v) is 14.3. The molecule has 4 aromatic rings. The maximum Gasteiger partial charge on any atom is 2.00 e. The largest absolute Gasteiger partial charge is 2.00 e. The van der Waals surface area contributed by atoms with Crippen molar-refractivity contribution in [1.82, 2.24) is 44.8 Å². The molecule has 0 aliphatic rings. The molecular formula is C45H82Br2ClMgN17O4+2. The molecule has 4 rings (SSSR count). The number of aldehydes is 1. The first kappa shape index (κ1) is 88.1. The number of alkyl halides is 1. The molecule has 7 N–H and O–H groups in total. The SMILES string of the molecule is C.C.C.CC(=N)N.CN(C)C=C(C=[N+](C)C)C=[N+](C)C.Cc1ncc(C(C)N)cn1.Cc1ncc(C(C)N=[N+]=[N-])cn1.Cc1ncc(C(C)O)cn1.Cc1ncc(C=O)cn1.Cl.O=C(O)CBr.[Br-].[CH3-].[Mg+2]. The van der Waals surface area contributed by atoms with Crippen LogP contribution >= 0.6 is 28.3 Å². The molecule has 0 aliphatic carbocycles. The van der Waals surface area contributed by atoms with Crippen LogP contribution in [0.15, 0.2) is 66.5 Å². The number of halogens is 3. The predicted molar refractivity (Wildman–Crippen MR) is 290 cm³/mol. The van der Waals surface area contributed by atoms with Crippen molar-refractivity contribution >= 4 is 81.9 Å². The number of aromatic nitrogens is 8. The van der Waals surface area contributed by atoms with Crippen LogP contribution in [0.25, 0.3) is 10.4 Å². The number of carbonyl (C=O) groups excluding carboxylic acids is 1. The van der Waals surface area contributed by atoms with Crippen LogP contribution in [0.3, 0.4) is 0 Å². The van der Waals surface area contributed by atoms with E-state index in [-0.39, 0.29) is 105 Å². The molecule has 0 bridgehead atoms. The zero-order chi connectivity index (χ0) is 49.1. The predicted octanol–water partition coefficient (Wildman–Crippen LogP) is 4.33. The summed E-state index contributed by atoms with van der Waals surface area (Å²) in [5.74, 6) is 2.24. The van der Waals surface area contributed by atoms with E-state index in [2.05, 4.69) is 84.5 Å². The summed E-state index contributed by atoms with van der Waals surface area (Å²) in [6, 6.07) is -0.170. The number of azide groups is 1. The number of rotatable bonds is 9. The maximum absolute atomic E-state index is 10.0. The summed E-state index contributed by atoms with van der Waals surface area (Å²) in [5, 5.41) is 26.5. The van der Waals surface area contributed by atoms with Gasteiger partial charge < -0.3 is 51.0 Å². The van der Waals surface area contributed by atoms with E-state index < -0.39 is 12.1 Å². The van der Waals surface area contributed by atoms with Crippen LogP contribution in [0.5, 0.6) is 0 Å². The molecule has 4 heterocycles. The van der Waals surface area contributed by atoms with Gasteiger partial charge in [0.25, 0.3) is 0 Å². The fraction of sp³-hybridized carbons (Fsp3) is 0.467. The van der Waals surface area contributed by atoms with E-state index in [1.54, 1.807) is 58.0 Å². The summed E-state index contributed by atoms with van der Waals surface area (Å²) in [6.45, 7) is 14.2. The Morgan fingerprint density at radius 3 is 1.31 bits per heavy atom. The van der Waals surface area contributed by atoms with Gasteiger partial charge in [-0.15, -0.1) is 12.4 Å². The number of nitrogens with two attached hydrogens (primary N) is 2. The van der Waals surface area contributed by atoms with E-state index in [4.69, 9.17) is 32.6 Å². The Hall–Kier alpha value is -4.94. The number of allylic oxidation sites excluding steroid dienone is 1. The molecule has 3 unspecified atom stereocenters. The summed E-state index contributed by atoms with van der Waals surface area (Å²) < 4.78 is 4.07. The molecule has 3 atom stereocenters. The molecule has 392 valence electrons. The summed E-state index contributed by atoms with van der Waals surface area (Å²) in [5.41, 5.74) is 22.7. The van der Waals surface area contributed by atoms with Gasteiger partial charge >= 0.3 is 29.0 Å². The average molecular weight is 1140 g/mol. The molecule has 0 saturated heterocycles. The van der Waals surface area contributed by atoms with Gasteiger partial charge in [-0.05, 0) is 59.6 Å². The molecule has 0 saturated carbocycles. The molecule has 21 nitrogen and oxygen atoms in total. The quantitative estimate of drug-likeness (QED) is 0.0149. The Morgan fingerprint density at radius 1 is 0.800 bits per heavy atom. The zero-order valence-corrected chi connectivity index (χ0v) is 46.8. The molecule has 4 aromatic heterocycles. The van der Waals surface area contributed by atoms with E-state index in [9.17, 15) is 9.59 Å². The third kappa shape index (κ3) is 55.7. The van der Waals surface area contributed by atoms with Crippen LogP contribution in [0.2, 0.25) is 0 Å². The molecule has 0 aromatic carbocycles. The standard InChI is InChI=1S/C10H21N3.C7H9N5.C7H11N3.C7H10N2O.C6H6N2O.C2H3BrO2.C2H6N2.3CH4.CH3.BrH.ClH.Mg/c1-11(2)7-10(8-12(3)4)9-13(5)6;1-5(11-12-8)7-3-9-6(2)10-4-7;1-5(8)7-3-9-6(2)10-4-7;1-5(10)7-3-8-6(2)9-4-7;1-5-7-2-6(4-9)3-8-5;3-1-2(4)5;1-2(3)4;;;;;;;/h7-9H,1-6H3;3-5H,1-2H3;3-5H,8H2,1-2H3;3-5,10H,1-2H3;2-4H,1H3;1H2,(H,4,5);1H3,(H3,3,4);3*1H4;1H3;2*1H;/q+2;;;;;;;;;;-1;;;+2/p-1. The number of hydrogen-bond acceptors (Lipinski definition) is 15. The summed E-state index contributed by atoms with van der Waals surface area (Å²) in [6.07, 6.45) is 19.6. The van der Waals surface area contributed by atoms with Crippen molar-refractivity contribution in [2.24, 2.45) is 16.6 Å². The van der Waals surface area contributed by atoms with Gasteiger partial charge in [0.2, 0.25) is 0 Å². The molecule has 0 radical (unpaired) electrons. The van der Waals surface area contributed by atoms with E-state index in [0.29, 0.717) is 17.2 Å². The second kappa shape index (κ2) is 53.4. The average Bonchev–Trinajstić information content (AvgIpc) is 3.19. The third-order valence-electron chi connectivity index (χ3n) is 6.39. The number of carboxylic acid groups (broad SMARTS) is 1. The molecule has 0 aliphatic heterocycles. The second-order valence-electron chi connectivity index (χ2n) is 13.7. The van der Waals surface area contributed by atoms with Crippen LogP contribution in [-0.4, -0.2) is 165 Å². The molecule has 70 heavy (non-hydrogen) atoms. The Morgan fingerprint density at radius 2 is 1.09 bits per heavy atom. The summed E-state index contributed by atoms with van der Waals surface area (Å²) in [7, 11) is 12.1. The van der Waals surface area contributed by atoms with Crippen LogP contribution in [0.4, 0.5) is 0 Å². The summed E-state index contributed by atoms with van der Waals surface area (Å²) >= 11 is 2.71. The van der Waals surface area contributed by atoms with Crippen molar-refractivity contribution in [1.29, 1.82) is 5.41 Å². The number of hydrogen-bond donors (Lipinski definition) is 5. The van der Waals surface area contributed by atoms with Gasteiger partial charge in [-0.1, -0.05) is 50.2 Å². The van der Waals surface area contributed by atoms with Gasteiger partial charge in [0, 0.05) is 92.0 Å². The fourth-order valence-corrected chi connectivity index (χ4v) is 3.48. The van der Waals surface area contributed by atoms with Crippen molar-refractivity contribution in [3.63, 3.8) is 0 Å². The van der Waals surface area contributed by atoms with Crippen LogP contribution in [0.1, 0.15) is 119 Å². The molecule has 0 amide bonds. The first-order chi connectivity index (χ1) is 29.4. The van der Waals surface area contributed by atoms with E-state index >= 15 is 0 Å². The number of carbonyl (C=O) groups is 2. The Kier molecular flexibility index (Phi) is 67.2. The number of nitrogens with one attached hydrogen (secondary N) is 1. The maximum atomic E-state index is 10.0. The molecular weight excluding hydrogens is 1060 g/mol. The van der Waals surface area contributed by atoms with Crippen LogP contribution in [-0.2, 0) is 4.79 Å². The molecule has 25 heteroatoms. The van der Waals surface area contributed by atoms with Crippen molar-refractivity contribution < 1.29 is 45.9 Å².